The highest BCUT2D eigenvalue weighted by atomic mass is 16.3. The quantitative estimate of drug-likeness (QED) is 0.751. The summed E-state index contributed by atoms with van der Waals surface area (Å²) in [7, 11) is 0. The Bertz CT molecular complexity index is 653. The zero-order chi connectivity index (χ0) is 20.9. The highest BCUT2D eigenvalue weighted by Gasteiger charge is 2.62. The first-order chi connectivity index (χ1) is 12.7. The molecule has 0 amide bonds. The van der Waals surface area contributed by atoms with E-state index in [4.69, 9.17) is 6.85 Å². The molecule has 0 radical (unpaired) electrons. The molecule has 4 aliphatic carbocycles. The minimum absolute atomic E-state index is 0.0159. The van der Waals surface area contributed by atoms with Gasteiger partial charge in [-0.05, 0) is 85.3 Å². The highest BCUT2D eigenvalue weighted by Crippen LogP contribution is 2.67. The number of hydrogen-bond donors (Lipinski definition) is 2. The second-order valence-corrected chi connectivity index (χ2v) is 9.27. The monoisotopic (exact) mass is 325 g/mol. The third kappa shape index (κ3) is 2.20. The van der Waals surface area contributed by atoms with Crippen LogP contribution in [0.1, 0.15) is 85.3 Å². The second kappa shape index (κ2) is 5.46. The lowest BCUT2D eigenvalue weighted by Gasteiger charge is -2.64. The molecule has 0 aliphatic heterocycles. The van der Waals surface area contributed by atoms with Crippen molar-refractivity contribution < 1.29 is 17.1 Å². The number of fused-ring (bicyclic) bond motifs is 5. The van der Waals surface area contributed by atoms with Crippen molar-refractivity contribution in [3.8, 4) is 0 Å². The fourth-order valence-corrected chi connectivity index (χ4v) is 7.10. The largest absolute Gasteiger partial charge is 0.393 e. The molecule has 0 spiro atoms. The van der Waals surface area contributed by atoms with E-state index in [1.165, 1.54) is 12.8 Å². The van der Waals surface area contributed by atoms with Gasteiger partial charge in [0.25, 0.3) is 0 Å². The molecule has 0 heterocycles. The summed E-state index contributed by atoms with van der Waals surface area (Å²) in [4.78, 5) is 0. The van der Waals surface area contributed by atoms with Gasteiger partial charge < -0.3 is 10.2 Å². The SMILES string of the molecule is [2H]C1([2H])C[C@]2(C)C3CC[C@]4(C)CCCC4C3[C@H](O)[C@H](CC)[C@@H]2C([2H])([2H])C1([2H])O. The maximum atomic E-state index is 11.5. The molecule has 23 heavy (non-hydrogen) atoms. The van der Waals surface area contributed by atoms with Gasteiger partial charge in [-0.2, -0.15) is 0 Å². The molecule has 0 aromatic carbocycles. The third-order valence-corrected chi connectivity index (χ3v) is 8.33. The molecular weight excluding hydrogens is 284 g/mol. The Morgan fingerprint density at radius 1 is 1.09 bits per heavy atom. The van der Waals surface area contributed by atoms with Crippen LogP contribution in [0.15, 0.2) is 0 Å². The Hall–Kier alpha value is -0.0800. The van der Waals surface area contributed by atoms with Crippen molar-refractivity contribution in [2.45, 2.75) is 90.6 Å². The van der Waals surface area contributed by atoms with Crippen LogP contribution in [-0.2, 0) is 0 Å². The Kier molecular flexibility index (Phi) is 2.73. The molecule has 4 unspecified atom stereocenters. The molecule has 132 valence electrons. The molecule has 4 aliphatic rings. The molecule has 0 aromatic rings. The van der Waals surface area contributed by atoms with Gasteiger partial charge in [0, 0.05) is 5.48 Å². The summed E-state index contributed by atoms with van der Waals surface area (Å²) in [6.07, 6.45) is -2.30. The van der Waals surface area contributed by atoms with Gasteiger partial charge in [-0.1, -0.05) is 33.6 Å². The highest BCUT2D eigenvalue weighted by molar-refractivity contribution is 5.11. The van der Waals surface area contributed by atoms with E-state index in [2.05, 4.69) is 6.92 Å². The van der Waals surface area contributed by atoms with Crippen LogP contribution >= 0.6 is 0 Å². The average Bonchev–Trinajstić information content (AvgIpc) is 2.96. The molecule has 4 saturated carbocycles. The fourth-order valence-electron chi connectivity index (χ4n) is 7.10. The molecule has 0 saturated heterocycles. The van der Waals surface area contributed by atoms with Gasteiger partial charge in [-0.25, -0.2) is 0 Å². The van der Waals surface area contributed by atoms with E-state index in [0.29, 0.717) is 12.3 Å². The van der Waals surface area contributed by atoms with E-state index in [1.54, 1.807) is 0 Å². The van der Waals surface area contributed by atoms with Crippen molar-refractivity contribution in [2.75, 3.05) is 0 Å². The topological polar surface area (TPSA) is 40.5 Å². The Balaban J connectivity index is 1.86. The minimum Gasteiger partial charge on any atom is -0.393 e. The van der Waals surface area contributed by atoms with Gasteiger partial charge in [0.05, 0.1) is 13.6 Å². The van der Waals surface area contributed by atoms with Gasteiger partial charge in [0.1, 0.15) is 0 Å². The van der Waals surface area contributed by atoms with Crippen molar-refractivity contribution in [3.05, 3.63) is 0 Å². The minimum atomic E-state index is -2.82. The summed E-state index contributed by atoms with van der Waals surface area (Å²) in [5, 5.41) is 22.2. The standard InChI is InChI=1S/C21H36O2/c1-4-14-17-12-13(22)7-11-21(17,3)16-8-10-20(2)9-5-6-15(20)18(16)19(14)23/h13-19,22-23H,4-12H2,1-3H3/t13?,14-,15?,16?,17+,18?,19-,20+,21-/m1/s1/i7D2,12D2,13D. The molecule has 4 fully saturated rings. The maximum absolute atomic E-state index is 11.5. The summed E-state index contributed by atoms with van der Waals surface area (Å²) in [5.41, 5.74) is -0.443. The molecule has 0 bridgehead atoms. The normalized spacial score (nSPS) is 69.9. The van der Waals surface area contributed by atoms with Gasteiger partial charge in [-0.15, -0.1) is 0 Å². The maximum Gasteiger partial charge on any atom is 0.0605 e. The van der Waals surface area contributed by atoms with Crippen molar-refractivity contribution in [1.29, 1.82) is 0 Å². The van der Waals surface area contributed by atoms with E-state index in [9.17, 15) is 10.2 Å². The van der Waals surface area contributed by atoms with E-state index >= 15 is 0 Å². The van der Waals surface area contributed by atoms with Crippen LogP contribution in [0.2, 0.25) is 0 Å². The summed E-state index contributed by atoms with van der Waals surface area (Å²) >= 11 is 0. The molecule has 9 atom stereocenters. The molecule has 2 N–H and O–H groups in total. The lowest BCUT2D eigenvalue weighted by Crippen LogP contribution is -2.61. The van der Waals surface area contributed by atoms with Crippen molar-refractivity contribution >= 4 is 0 Å². The molecule has 2 nitrogen and oxygen atoms in total. The van der Waals surface area contributed by atoms with Crippen LogP contribution in [-0.4, -0.2) is 22.4 Å². The first kappa shape index (κ1) is 11.5. The number of aliphatic hydroxyl groups is 2. The molecule has 4 rings (SSSR count). The third-order valence-electron chi connectivity index (χ3n) is 8.33. The van der Waals surface area contributed by atoms with E-state index < -0.39 is 36.3 Å². The van der Waals surface area contributed by atoms with Crippen LogP contribution in [0.25, 0.3) is 0 Å². The van der Waals surface area contributed by atoms with Crippen LogP contribution in [0.4, 0.5) is 0 Å². The Morgan fingerprint density at radius 2 is 1.87 bits per heavy atom. The van der Waals surface area contributed by atoms with E-state index in [-0.39, 0.29) is 29.6 Å². The van der Waals surface area contributed by atoms with Crippen molar-refractivity contribution in [3.63, 3.8) is 0 Å². The number of hydrogen-bond acceptors (Lipinski definition) is 2. The van der Waals surface area contributed by atoms with Gasteiger partial charge in [0.15, 0.2) is 0 Å². The summed E-state index contributed by atoms with van der Waals surface area (Å²) in [6, 6.07) is 0. The summed E-state index contributed by atoms with van der Waals surface area (Å²) in [5.74, 6) is -0.583. The first-order valence-corrected chi connectivity index (χ1v) is 9.65. The van der Waals surface area contributed by atoms with E-state index in [1.807, 2.05) is 13.8 Å². The molecule has 2 heteroatoms. The van der Waals surface area contributed by atoms with E-state index in [0.717, 1.165) is 19.3 Å². The zero-order valence-corrected chi connectivity index (χ0v) is 14.8. The fraction of sp³-hybridized carbons (Fsp3) is 1.00. The number of rotatable bonds is 1. The van der Waals surface area contributed by atoms with Crippen LogP contribution < -0.4 is 0 Å². The Labute approximate surface area is 149 Å². The molecule has 0 aromatic heterocycles. The van der Waals surface area contributed by atoms with Crippen molar-refractivity contribution in [1.82, 2.24) is 0 Å². The zero-order valence-electron chi connectivity index (χ0n) is 19.8. The predicted octanol–water partition coefficient (Wildman–Crippen LogP) is 4.39. The Morgan fingerprint density at radius 3 is 2.61 bits per heavy atom. The summed E-state index contributed by atoms with van der Waals surface area (Å²) < 4.78 is 42.6. The van der Waals surface area contributed by atoms with Crippen LogP contribution in [0.3, 0.4) is 0 Å². The lowest BCUT2D eigenvalue weighted by atomic mass is 9.42. The average molecular weight is 326 g/mol. The smallest absolute Gasteiger partial charge is 0.0605 e. The first-order valence-electron chi connectivity index (χ1n) is 12.1. The molecular formula is C21H36O2. The van der Waals surface area contributed by atoms with Crippen LogP contribution in [0, 0.1) is 40.4 Å². The van der Waals surface area contributed by atoms with Crippen molar-refractivity contribution in [2.24, 2.45) is 40.4 Å². The summed E-state index contributed by atoms with van der Waals surface area (Å²) in [6.45, 7) is 6.28. The van der Waals surface area contributed by atoms with Crippen LogP contribution in [0.5, 0.6) is 0 Å². The second-order valence-electron chi connectivity index (χ2n) is 9.27. The van der Waals surface area contributed by atoms with Gasteiger partial charge >= 0.3 is 0 Å². The number of aliphatic hydroxyl groups excluding tert-OH is 1. The van der Waals surface area contributed by atoms with Gasteiger partial charge in [0.2, 0.25) is 0 Å². The predicted molar refractivity (Wildman–Crippen MR) is 92.9 cm³/mol. The lowest BCUT2D eigenvalue weighted by molar-refractivity contribution is -0.198. The van der Waals surface area contributed by atoms with Gasteiger partial charge in [-0.3, -0.25) is 0 Å².